The molecule has 0 aromatic heterocycles. The molecular formula is C16H17NO6S. The van der Waals surface area contributed by atoms with E-state index in [2.05, 4.69) is 0 Å². The Labute approximate surface area is 139 Å². The molecule has 0 atom stereocenters. The van der Waals surface area contributed by atoms with Crippen molar-refractivity contribution in [1.29, 1.82) is 0 Å². The van der Waals surface area contributed by atoms with E-state index in [9.17, 15) is 18.5 Å². The minimum absolute atomic E-state index is 0.0284. The highest BCUT2D eigenvalue weighted by molar-refractivity contribution is 7.90. The third-order valence-electron chi connectivity index (χ3n) is 2.96. The molecule has 0 aliphatic heterocycles. The van der Waals surface area contributed by atoms with E-state index in [1.807, 2.05) is 13.8 Å². The minimum atomic E-state index is -3.69. The lowest BCUT2D eigenvalue weighted by molar-refractivity contribution is -0.385. The van der Waals surface area contributed by atoms with Crippen LogP contribution in [0.4, 0.5) is 5.69 Å². The van der Waals surface area contributed by atoms with Crippen molar-refractivity contribution in [3.63, 3.8) is 0 Å². The van der Waals surface area contributed by atoms with Gasteiger partial charge in [-0.05, 0) is 44.2 Å². The Bertz CT molecular complexity index is 843. The average Bonchev–Trinajstić information content (AvgIpc) is 2.48. The molecule has 2 aromatic rings. The van der Waals surface area contributed by atoms with Crippen LogP contribution < -0.4 is 9.47 Å². The highest BCUT2D eigenvalue weighted by Crippen LogP contribution is 2.32. The molecule has 0 radical (unpaired) electrons. The number of nitrogens with zero attached hydrogens (tertiary/aromatic N) is 1. The van der Waals surface area contributed by atoms with Crippen LogP contribution in [0.3, 0.4) is 0 Å². The Morgan fingerprint density at radius 3 is 2.12 bits per heavy atom. The van der Waals surface area contributed by atoms with Gasteiger partial charge in [0, 0.05) is 18.4 Å². The van der Waals surface area contributed by atoms with Crippen LogP contribution in [0, 0.1) is 10.1 Å². The second-order valence-corrected chi connectivity index (χ2v) is 7.38. The summed E-state index contributed by atoms with van der Waals surface area (Å²) in [5.41, 5.74) is -0.316. The molecule has 0 saturated heterocycles. The largest absolute Gasteiger partial charge is 0.491 e. The zero-order valence-electron chi connectivity index (χ0n) is 13.4. The van der Waals surface area contributed by atoms with Crippen molar-refractivity contribution >= 4 is 15.5 Å². The fourth-order valence-electron chi connectivity index (χ4n) is 1.97. The van der Waals surface area contributed by atoms with E-state index in [0.29, 0.717) is 11.5 Å². The van der Waals surface area contributed by atoms with Gasteiger partial charge in [0.2, 0.25) is 0 Å². The molecule has 8 heteroatoms. The Morgan fingerprint density at radius 1 is 1.04 bits per heavy atom. The summed E-state index contributed by atoms with van der Waals surface area (Å²) < 4.78 is 34.8. The minimum Gasteiger partial charge on any atom is -0.491 e. The first-order valence-corrected chi connectivity index (χ1v) is 8.99. The first-order valence-electron chi connectivity index (χ1n) is 7.10. The summed E-state index contributed by atoms with van der Waals surface area (Å²) in [5, 5.41) is 10.8. The van der Waals surface area contributed by atoms with Gasteiger partial charge in [0.1, 0.15) is 22.1 Å². The maximum Gasteiger partial charge on any atom is 0.271 e. The molecule has 0 N–H and O–H groups in total. The van der Waals surface area contributed by atoms with Crippen LogP contribution in [-0.2, 0) is 9.84 Å². The van der Waals surface area contributed by atoms with Gasteiger partial charge in [0.05, 0.1) is 11.0 Å². The first kappa shape index (κ1) is 17.7. The third-order valence-corrected chi connectivity index (χ3v) is 4.08. The molecule has 7 nitrogen and oxygen atoms in total. The highest BCUT2D eigenvalue weighted by atomic mass is 32.2. The van der Waals surface area contributed by atoms with E-state index in [0.717, 1.165) is 12.3 Å². The maximum atomic E-state index is 11.9. The van der Waals surface area contributed by atoms with Gasteiger partial charge in [-0.1, -0.05) is 0 Å². The lowest BCUT2D eigenvalue weighted by atomic mass is 10.3. The summed E-state index contributed by atoms with van der Waals surface area (Å²) in [4.78, 5) is 9.94. The molecule has 0 heterocycles. The molecule has 0 aliphatic rings. The first-order chi connectivity index (χ1) is 11.2. The SMILES string of the molecule is CC(C)Oc1ccc(Oc2ccc([N+](=O)[O-])cc2S(C)(=O)=O)cc1. The van der Waals surface area contributed by atoms with E-state index < -0.39 is 14.8 Å². The Kier molecular flexibility index (Phi) is 5.08. The number of non-ortho nitro benzene ring substituents is 1. The fourth-order valence-corrected chi connectivity index (χ4v) is 2.78. The monoisotopic (exact) mass is 351 g/mol. The van der Waals surface area contributed by atoms with Crippen LogP contribution in [0.2, 0.25) is 0 Å². The van der Waals surface area contributed by atoms with Crippen molar-refractivity contribution in [3.8, 4) is 17.2 Å². The van der Waals surface area contributed by atoms with Crippen LogP contribution >= 0.6 is 0 Å². The summed E-state index contributed by atoms with van der Waals surface area (Å²) in [6.07, 6.45) is 1.00. The van der Waals surface area contributed by atoms with Crippen LogP contribution in [-0.4, -0.2) is 25.7 Å². The van der Waals surface area contributed by atoms with Gasteiger partial charge in [-0.15, -0.1) is 0 Å². The van der Waals surface area contributed by atoms with Crippen LogP contribution in [0.5, 0.6) is 17.2 Å². The highest BCUT2D eigenvalue weighted by Gasteiger charge is 2.20. The second-order valence-electron chi connectivity index (χ2n) is 5.40. The molecule has 0 amide bonds. The second kappa shape index (κ2) is 6.88. The van der Waals surface area contributed by atoms with Gasteiger partial charge in [-0.25, -0.2) is 8.42 Å². The Morgan fingerprint density at radius 2 is 1.62 bits per heavy atom. The van der Waals surface area contributed by atoms with Gasteiger partial charge in [-0.3, -0.25) is 10.1 Å². The Hall–Kier alpha value is -2.61. The molecular weight excluding hydrogens is 334 g/mol. The number of benzene rings is 2. The van der Waals surface area contributed by atoms with Crippen molar-refractivity contribution in [1.82, 2.24) is 0 Å². The summed E-state index contributed by atoms with van der Waals surface area (Å²) in [5.74, 6) is 1.08. The van der Waals surface area contributed by atoms with Crippen molar-refractivity contribution in [2.24, 2.45) is 0 Å². The van der Waals surface area contributed by atoms with E-state index in [4.69, 9.17) is 9.47 Å². The predicted octanol–water partition coefficient (Wildman–Crippen LogP) is 3.58. The van der Waals surface area contributed by atoms with Gasteiger partial charge < -0.3 is 9.47 Å². The molecule has 2 aromatic carbocycles. The molecule has 0 saturated carbocycles. The van der Waals surface area contributed by atoms with E-state index in [1.54, 1.807) is 24.3 Å². The van der Waals surface area contributed by atoms with E-state index >= 15 is 0 Å². The zero-order chi connectivity index (χ0) is 17.9. The molecule has 24 heavy (non-hydrogen) atoms. The standard InChI is InChI=1S/C16H17NO6S/c1-11(2)22-13-5-7-14(8-6-13)23-15-9-4-12(17(18)19)10-16(15)24(3,20)21/h4-11H,1-3H3. The van der Waals surface area contributed by atoms with Crippen LogP contribution in [0.25, 0.3) is 0 Å². The van der Waals surface area contributed by atoms with Crippen molar-refractivity contribution in [2.45, 2.75) is 24.8 Å². The number of nitro groups is 1. The molecule has 128 valence electrons. The molecule has 2 rings (SSSR count). The maximum absolute atomic E-state index is 11.9. The molecule has 0 bridgehead atoms. The van der Waals surface area contributed by atoms with Crippen LogP contribution in [0.1, 0.15) is 13.8 Å². The smallest absolute Gasteiger partial charge is 0.271 e. The summed E-state index contributed by atoms with van der Waals surface area (Å²) in [6.45, 7) is 3.80. The Balaban J connectivity index is 2.34. The number of hydrogen-bond donors (Lipinski definition) is 0. The summed E-state index contributed by atoms with van der Waals surface area (Å²) in [7, 11) is -3.69. The predicted molar refractivity (Wildman–Crippen MR) is 88.5 cm³/mol. The molecule has 0 fully saturated rings. The molecule has 0 unspecified atom stereocenters. The van der Waals surface area contributed by atoms with Crippen molar-refractivity contribution in [3.05, 3.63) is 52.6 Å². The summed E-state index contributed by atoms with van der Waals surface area (Å²) in [6, 6.07) is 10.1. The van der Waals surface area contributed by atoms with Gasteiger partial charge in [0.15, 0.2) is 9.84 Å². The number of rotatable bonds is 6. The third kappa shape index (κ3) is 4.45. The lowest BCUT2D eigenvalue weighted by Gasteiger charge is -2.12. The normalized spacial score (nSPS) is 11.3. The van der Waals surface area contributed by atoms with Crippen LogP contribution in [0.15, 0.2) is 47.4 Å². The lowest BCUT2D eigenvalue weighted by Crippen LogP contribution is -2.05. The van der Waals surface area contributed by atoms with Crippen molar-refractivity contribution in [2.75, 3.05) is 6.26 Å². The van der Waals surface area contributed by atoms with Gasteiger partial charge in [0.25, 0.3) is 5.69 Å². The topological polar surface area (TPSA) is 95.7 Å². The van der Waals surface area contributed by atoms with Gasteiger partial charge in [-0.2, -0.15) is 0 Å². The summed E-state index contributed by atoms with van der Waals surface area (Å²) >= 11 is 0. The average molecular weight is 351 g/mol. The number of ether oxygens (including phenoxy) is 2. The number of hydrogen-bond acceptors (Lipinski definition) is 6. The van der Waals surface area contributed by atoms with Crippen molar-refractivity contribution < 1.29 is 22.8 Å². The zero-order valence-corrected chi connectivity index (χ0v) is 14.2. The molecule has 0 aliphatic carbocycles. The van der Waals surface area contributed by atoms with E-state index in [-0.39, 0.29) is 22.4 Å². The number of sulfone groups is 1. The molecule has 0 spiro atoms. The van der Waals surface area contributed by atoms with E-state index in [1.165, 1.54) is 12.1 Å². The van der Waals surface area contributed by atoms with Gasteiger partial charge >= 0.3 is 0 Å². The fraction of sp³-hybridized carbons (Fsp3) is 0.250. The quantitative estimate of drug-likeness (QED) is 0.583. The number of nitro benzene ring substituents is 1.